The van der Waals surface area contributed by atoms with Gasteiger partial charge in [-0.05, 0) is 56.7 Å². The van der Waals surface area contributed by atoms with Crippen LogP contribution in [0, 0.1) is 0 Å². The molecule has 3 unspecified atom stereocenters. The number of benzene rings is 1. The van der Waals surface area contributed by atoms with E-state index < -0.39 is 11.7 Å². The second kappa shape index (κ2) is 11.0. The van der Waals surface area contributed by atoms with E-state index in [0.29, 0.717) is 30.2 Å². The Hall–Kier alpha value is -1.03. The Balaban J connectivity index is 0.00000320. The molecule has 3 rings (SSSR count). The lowest BCUT2D eigenvalue weighted by atomic mass is 9.82. The van der Waals surface area contributed by atoms with Crippen LogP contribution >= 0.6 is 24.0 Å². The summed E-state index contributed by atoms with van der Waals surface area (Å²) in [6, 6.07) is 7.36. The van der Waals surface area contributed by atoms with Gasteiger partial charge < -0.3 is 15.5 Å². The van der Waals surface area contributed by atoms with Gasteiger partial charge in [0.15, 0.2) is 5.96 Å². The largest absolute Gasteiger partial charge is 0.416 e. The van der Waals surface area contributed by atoms with Gasteiger partial charge in [0.05, 0.1) is 5.56 Å². The van der Waals surface area contributed by atoms with Crippen molar-refractivity contribution in [2.45, 2.75) is 75.7 Å². The standard InChI is InChI=1S/C22H33F3N4.HI/c1-15(16-6-4-7-17(12-16)22(23,24)25)10-11-27-21(26-2)28-18-13-19-8-5-9-20(14-18)29(19)3;/h4,6-7,12,15,18-20H,5,8-11,13-14H2,1-3H3,(H2,26,27,28);1H. The van der Waals surface area contributed by atoms with Crippen molar-refractivity contribution in [1.29, 1.82) is 0 Å². The molecule has 0 aromatic heterocycles. The Bertz CT molecular complexity index is 696. The predicted octanol–water partition coefficient (Wildman–Crippen LogP) is 5.00. The summed E-state index contributed by atoms with van der Waals surface area (Å²) >= 11 is 0. The highest BCUT2D eigenvalue weighted by molar-refractivity contribution is 14.0. The van der Waals surface area contributed by atoms with Crippen LogP contribution in [0.4, 0.5) is 13.2 Å². The Labute approximate surface area is 195 Å². The molecule has 30 heavy (non-hydrogen) atoms. The molecule has 1 aromatic rings. The molecule has 2 saturated heterocycles. The zero-order valence-electron chi connectivity index (χ0n) is 18.0. The Morgan fingerprint density at radius 1 is 1.23 bits per heavy atom. The van der Waals surface area contributed by atoms with Gasteiger partial charge in [-0.1, -0.05) is 31.5 Å². The van der Waals surface area contributed by atoms with Gasteiger partial charge in [-0.2, -0.15) is 13.2 Å². The normalized spacial score (nSPS) is 25.9. The lowest BCUT2D eigenvalue weighted by Crippen LogP contribution is -2.56. The lowest BCUT2D eigenvalue weighted by molar-refractivity contribution is -0.137. The lowest BCUT2D eigenvalue weighted by Gasteiger charge is -2.47. The van der Waals surface area contributed by atoms with Crippen LogP contribution < -0.4 is 10.6 Å². The van der Waals surface area contributed by atoms with E-state index in [9.17, 15) is 13.2 Å². The number of hydrogen-bond acceptors (Lipinski definition) is 2. The fraction of sp³-hybridized carbons (Fsp3) is 0.682. The van der Waals surface area contributed by atoms with E-state index in [1.54, 1.807) is 13.1 Å². The minimum Gasteiger partial charge on any atom is -0.356 e. The monoisotopic (exact) mass is 538 g/mol. The number of alkyl halides is 3. The molecule has 0 saturated carbocycles. The number of fused-ring (bicyclic) bond motifs is 2. The van der Waals surface area contributed by atoms with Crippen LogP contribution in [-0.2, 0) is 6.18 Å². The maximum Gasteiger partial charge on any atom is 0.416 e. The quantitative estimate of drug-likeness (QED) is 0.315. The van der Waals surface area contributed by atoms with Crippen molar-refractivity contribution in [2.24, 2.45) is 4.99 Å². The molecule has 170 valence electrons. The van der Waals surface area contributed by atoms with Crippen LogP contribution in [0.3, 0.4) is 0 Å². The van der Waals surface area contributed by atoms with Gasteiger partial charge in [-0.3, -0.25) is 4.99 Å². The first-order valence-electron chi connectivity index (χ1n) is 10.6. The molecule has 0 radical (unpaired) electrons. The first-order valence-corrected chi connectivity index (χ1v) is 10.6. The van der Waals surface area contributed by atoms with Crippen molar-refractivity contribution in [1.82, 2.24) is 15.5 Å². The summed E-state index contributed by atoms with van der Waals surface area (Å²) in [5, 5.41) is 6.90. The number of piperidine rings is 2. The maximum absolute atomic E-state index is 12.9. The van der Waals surface area contributed by atoms with Crippen LogP contribution in [0.1, 0.15) is 62.5 Å². The third-order valence-electron chi connectivity index (χ3n) is 6.56. The van der Waals surface area contributed by atoms with Crippen molar-refractivity contribution in [3.63, 3.8) is 0 Å². The molecular weight excluding hydrogens is 504 g/mol. The van der Waals surface area contributed by atoms with Gasteiger partial charge in [-0.25, -0.2) is 0 Å². The molecule has 8 heteroatoms. The summed E-state index contributed by atoms with van der Waals surface area (Å²) in [7, 11) is 4.01. The minimum atomic E-state index is -4.30. The highest BCUT2D eigenvalue weighted by Gasteiger charge is 2.36. The minimum absolute atomic E-state index is 0. The van der Waals surface area contributed by atoms with E-state index in [1.165, 1.54) is 31.4 Å². The van der Waals surface area contributed by atoms with Crippen molar-refractivity contribution >= 4 is 29.9 Å². The van der Waals surface area contributed by atoms with Gasteiger partial charge in [0.2, 0.25) is 0 Å². The molecule has 3 atom stereocenters. The summed E-state index contributed by atoms with van der Waals surface area (Å²) in [4.78, 5) is 6.88. The van der Waals surface area contributed by atoms with E-state index in [-0.39, 0.29) is 29.9 Å². The van der Waals surface area contributed by atoms with Gasteiger partial charge in [0.1, 0.15) is 0 Å². The smallest absolute Gasteiger partial charge is 0.356 e. The summed E-state index contributed by atoms with van der Waals surface area (Å²) in [5.74, 6) is 0.819. The third kappa shape index (κ3) is 6.48. The van der Waals surface area contributed by atoms with Gasteiger partial charge in [-0.15, -0.1) is 24.0 Å². The van der Waals surface area contributed by atoms with Crippen molar-refractivity contribution in [2.75, 3.05) is 20.6 Å². The molecule has 2 fully saturated rings. The van der Waals surface area contributed by atoms with Crippen LogP contribution in [0.2, 0.25) is 0 Å². The number of aliphatic imine (C=N–C) groups is 1. The van der Waals surface area contributed by atoms with E-state index in [2.05, 4.69) is 27.6 Å². The summed E-state index contributed by atoms with van der Waals surface area (Å²) in [6.07, 6.45) is 2.57. The number of nitrogens with one attached hydrogen (secondary N) is 2. The third-order valence-corrected chi connectivity index (χ3v) is 6.56. The molecule has 0 aliphatic carbocycles. The van der Waals surface area contributed by atoms with Crippen LogP contribution in [0.25, 0.3) is 0 Å². The second-order valence-corrected chi connectivity index (χ2v) is 8.53. The van der Waals surface area contributed by atoms with Gasteiger partial charge in [0.25, 0.3) is 0 Å². The summed E-state index contributed by atoms with van der Waals surface area (Å²) in [5.41, 5.74) is 0.132. The SMILES string of the molecule is CN=C(NCCC(C)c1cccc(C(F)(F)F)c1)NC1CC2CCCC(C1)N2C.I. The van der Waals surface area contributed by atoms with Crippen molar-refractivity contribution in [3.8, 4) is 0 Å². The Kier molecular flexibility index (Phi) is 9.27. The molecule has 1 aromatic carbocycles. The molecule has 2 heterocycles. The zero-order valence-corrected chi connectivity index (χ0v) is 20.3. The molecule has 2 bridgehead atoms. The van der Waals surface area contributed by atoms with Crippen LogP contribution in [0.5, 0.6) is 0 Å². The highest BCUT2D eigenvalue weighted by atomic mass is 127. The Morgan fingerprint density at radius 2 is 1.90 bits per heavy atom. The summed E-state index contributed by atoms with van der Waals surface area (Å²) in [6.45, 7) is 2.63. The molecule has 2 N–H and O–H groups in total. The van der Waals surface area contributed by atoms with Crippen LogP contribution in [-0.4, -0.2) is 49.6 Å². The summed E-state index contributed by atoms with van der Waals surface area (Å²) < 4.78 is 38.8. The van der Waals surface area contributed by atoms with Gasteiger partial charge in [0, 0.05) is 31.7 Å². The number of halogens is 4. The fourth-order valence-electron chi connectivity index (χ4n) is 4.72. The molecule has 2 aliphatic heterocycles. The molecule has 0 amide bonds. The maximum atomic E-state index is 12.9. The van der Waals surface area contributed by atoms with Crippen LogP contribution in [0.15, 0.2) is 29.3 Å². The first-order chi connectivity index (χ1) is 13.8. The highest BCUT2D eigenvalue weighted by Crippen LogP contribution is 2.33. The van der Waals surface area contributed by atoms with Gasteiger partial charge >= 0.3 is 6.18 Å². The number of hydrogen-bond donors (Lipinski definition) is 2. The Morgan fingerprint density at radius 3 is 2.50 bits per heavy atom. The van der Waals surface area contributed by atoms with E-state index in [1.807, 2.05) is 6.92 Å². The molecule has 4 nitrogen and oxygen atoms in total. The van der Waals surface area contributed by atoms with Crippen molar-refractivity contribution < 1.29 is 13.2 Å². The number of guanidine groups is 1. The molecular formula is C22H34F3IN4. The van der Waals surface area contributed by atoms with Crippen molar-refractivity contribution in [3.05, 3.63) is 35.4 Å². The second-order valence-electron chi connectivity index (χ2n) is 8.53. The number of nitrogens with zero attached hydrogens (tertiary/aromatic N) is 2. The average Bonchev–Trinajstić information content (AvgIpc) is 2.67. The average molecular weight is 538 g/mol. The topological polar surface area (TPSA) is 39.7 Å². The molecule has 0 spiro atoms. The first kappa shape index (κ1) is 25.2. The predicted molar refractivity (Wildman–Crippen MR) is 127 cm³/mol. The van der Waals surface area contributed by atoms with E-state index in [0.717, 1.165) is 31.3 Å². The van der Waals surface area contributed by atoms with E-state index >= 15 is 0 Å². The van der Waals surface area contributed by atoms with E-state index in [4.69, 9.17) is 0 Å². The number of rotatable bonds is 5. The molecule has 2 aliphatic rings. The zero-order chi connectivity index (χ0) is 21.0. The fourth-order valence-corrected chi connectivity index (χ4v) is 4.72.